The van der Waals surface area contributed by atoms with Crippen molar-refractivity contribution in [3.63, 3.8) is 0 Å². The number of carbonyl (C=O) groups excluding carboxylic acids is 1. The summed E-state index contributed by atoms with van der Waals surface area (Å²) >= 11 is 0. The summed E-state index contributed by atoms with van der Waals surface area (Å²) in [7, 11) is 3.13. The first-order valence-corrected chi connectivity index (χ1v) is 9.39. The Hall–Kier alpha value is -3.42. The predicted octanol–water partition coefficient (Wildman–Crippen LogP) is 4.03. The number of non-ortho nitro benzene ring substituents is 1. The molecule has 8 nitrogen and oxygen atoms in total. The molecular formula is C21H23N3O5. The van der Waals surface area contributed by atoms with Crippen LogP contribution in [0.25, 0.3) is 0 Å². The van der Waals surface area contributed by atoms with Gasteiger partial charge in [0.2, 0.25) is 0 Å². The number of hydrazone groups is 1. The third-order valence-electron chi connectivity index (χ3n) is 4.78. The summed E-state index contributed by atoms with van der Waals surface area (Å²) in [5.74, 6) is 0.948. The minimum Gasteiger partial charge on any atom is -0.493 e. The van der Waals surface area contributed by atoms with E-state index in [0.717, 1.165) is 18.4 Å². The first kappa shape index (κ1) is 20.3. The average molecular weight is 397 g/mol. The minimum atomic E-state index is -0.509. The van der Waals surface area contributed by atoms with E-state index in [1.54, 1.807) is 13.3 Å². The lowest BCUT2D eigenvalue weighted by molar-refractivity contribution is -0.384. The predicted molar refractivity (Wildman–Crippen MR) is 109 cm³/mol. The van der Waals surface area contributed by atoms with Crippen LogP contribution in [0.3, 0.4) is 0 Å². The van der Waals surface area contributed by atoms with Gasteiger partial charge in [0, 0.05) is 24.7 Å². The molecule has 0 aromatic heterocycles. The van der Waals surface area contributed by atoms with E-state index in [9.17, 15) is 14.9 Å². The molecule has 0 spiro atoms. The van der Waals surface area contributed by atoms with Gasteiger partial charge in [-0.1, -0.05) is 0 Å². The summed E-state index contributed by atoms with van der Waals surface area (Å²) in [6.07, 6.45) is 6.17. The smallest absolute Gasteiger partial charge is 0.273 e. The second kappa shape index (κ2) is 9.18. The minimum absolute atomic E-state index is 0.0688. The van der Waals surface area contributed by atoms with Gasteiger partial charge in [-0.05, 0) is 61.6 Å². The highest BCUT2D eigenvalue weighted by Crippen LogP contribution is 2.32. The van der Waals surface area contributed by atoms with Crippen molar-refractivity contribution in [2.45, 2.75) is 31.8 Å². The second-order valence-corrected chi connectivity index (χ2v) is 6.81. The Bertz CT molecular complexity index is 905. The summed E-state index contributed by atoms with van der Waals surface area (Å²) in [6.45, 7) is 0. The van der Waals surface area contributed by atoms with Gasteiger partial charge in [-0.15, -0.1) is 0 Å². The van der Waals surface area contributed by atoms with Gasteiger partial charge in [-0.25, -0.2) is 5.01 Å². The van der Waals surface area contributed by atoms with Gasteiger partial charge in [-0.3, -0.25) is 14.9 Å². The van der Waals surface area contributed by atoms with E-state index in [4.69, 9.17) is 9.47 Å². The van der Waals surface area contributed by atoms with Crippen LogP contribution in [-0.4, -0.2) is 42.3 Å². The van der Waals surface area contributed by atoms with Crippen LogP contribution in [0.15, 0.2) is 47.6 Å². The largest absolute Gasteiger partial charge is 0.493 e. The van der Waals surface area contributed by atoms with Crippen LogP contribution in [0.5, 0.6) is 11.5 Å². The molecule has 0 aliphatic heterocycles. The molecule has 152 valence electrons. The van der Waals surface area contributed by atoms with E-state index in [0.29, 0.717) is 17.1 Å². The molecule has 3 rings (SSSR count). The van der Waals surface area contributed by atoms with Gasteiger partial charge in [0.15, 0.2) is 11.5 Å². The fraction of sp³-hybridized carbons (Fsp3) is 0.333. The number of hydrogen-bond donors (Lipinski definition) is 0. The molecule has 1 aliphatic rings. The van der Waals surface area contributed by atoms with E-state index in [1.165, 1.54) is 49.2 Å². The molecule has 2 aromatic rings. The van der Waals surface area contributed by atoms with E-state index in [1.807, 2.05) is 18.2 Å². The van der Waals surface area contributed by atoms with Crippen molar-refractivity contribution in [1.29, 1.82) is 0 Å². The number of hydrogen-bond acceptors (Lipinski definition) is 6. The Labute approximate surface area is 168 Å². The molecule has 0 saturated heterocycles. The third-order valence-corrected chi connectivity index (χ3v) is 4.78. The van der Waals surface area contributed by atoms with Crippen LogP contribution in [0.2, 0.25) is 0 Å². The molecule has 1 aliphatic carbocycles. The fourth-order valence-electron chi connectivity index (χ4n) is 3.17. The van der Waals surface area contributed by atoms with Crippen molar-refractivity contribution in [1.82, 2.24) is 5.01 Å². The molecule has 0 radical (unpaired) electrons. The van der Waals surface area contributed by atoms with Crippen molar-refractivity contribution in [3.8, 4) is 11.5 Å². The number of amides is 1. The monoisotopic (exact) mass is 397 g/mol. The van der Waals surface area contributed by atoms with Crippen molar-refractivity contribution in [2.24, 2.45) is 5.10 Å². The van der Waals surface area contributed by atoms with E-state index in [-0.39, 0.29) is 17.7 Å². The Morgan fingerprint density at radius 3 is 2.48 bits per heavy atom. The number of nitrogens with zero attached hydrogens (tertiary/aromatic N) is 3. The zero-order chi connectivity index (χ0) is 20.8. The second-order valence-electron chi connectivity index (χ2n) is 6.81. The molecule has 0 bridgehead atoms. The first-order valence-electron chi connectivity index (χ1n) is 9.39. The van der Waals surface area contributed by atoms with Crippen molar-refractivity contribution in [3.05, 3.63) is 63.7 Å². The lowest BCUT2D eigenvalue weighted by Crippen LogP contribution is -2.21. The number of benzene rings is 2. The number of ether oxygens (including phenoxy) is 2. The molecular weight excluding hydrogens is 374 g/mol. The Morgan fingerprint density at radius 2 is 1.86 bits per heavy atom. The molecule has 1 fully saturated rings. The first-order chi connectivity index (χ1) is 14.0. The van der Waals surface area contributed by atoms with Gasteiger partial charge in [0.1, 0.15) is 0 Å². The Kier molecular flexibility index (Phi) is 6.43. The number of methoxy groups -OCH3 is 1. The van der Waals surface area contributed by atoms with Crippen LogP contribution in [0.4, 0.5) is 5.69 Å². The highest BCUT2D eigenvalue weighted by Gasteiger charge is 2.18. The molecule has 1 saturated carbocycles. The number of rotatable bonds is 7. The lowest BCUT2D eigenvalue weighted by atomic mass is 10.2. The summed E-state index contributed by atoms with van der Waals surface area (Å²) in [4.78, 5) is 22.7. The van der Waals surface area contributed by atoms with Gasteiger partial charge in [0.05, 0.1) is 24.4 Å². The topological polar surface area (TPSA) is 94.3 Å². The molecule has 2 aromatic carbocycles. The molecule has 8 heteroatoms. The summed E-state index contributed by atoms with van der Waals surface area (Å²) < 4.78 is 11.4. The Morgan fingerprint density at radius 1 is 1.17 bits per heavy atom. The van der Waals surface area contributed by atoms with Gasteiger partial charge in [0.25, 0.3) is 11.6 Å². The third kappa shape index (κ3) is 5.10. The lowest BCUT2D eigenvalue weighted by Gasteiger charge is -2.16. The van der Waals surface area contributed by atoms with Crippen LogP contribution in [0.1, 0.15) is 41.6 Å². The highest BCUT2D eigenvalue weighted by molar-refractivity contribution is 5.95. The quantitative estimate of drug-likeness (QED) is 0.399. The summed E-state index contributed by atoms with van der Waals surface area (Å²) in [5.41, 5.74) is 1.01. The normalized spacial score (nSPS) is 14.1. The molecule has 0 N–H and O–H groups in total. The number of carbonyl (C=O) groups is 1. The van der Waals surface area contributed by atoms with Crippen molar-refractivity contribution >= 4 is 17.8 Å². The summed E-state index contributed by atoms with van der Waals surface area (Å²) in [6, 6.07) is 10.9. The maximum atomic E-state index is 12.4. The highest BCUT2D eigenvalue weighted by atomic mass is 16.6. The van der Waals surface area contributed by atoms with Gasteiger partial charge < -0.3 is 9.47 Å². The van der Waals surface area contributed by atoms with E-state index in [2.05, 4.69) is 5.10 Å². The van der Waals surface area contributed by atoms with Crippen LogP contribution < -0.4 is 9.47 Å². The standard InChI is InChI=1S/C21H23N3O5/c1-23(21(25)16-8-10-17(11-9-16)24(26)27)22-14-15-7-12-19(28-2)20(13-15)29-18-5-3-4-6-18/h7-14,18H,3-6H2,1-2H3. The zero-order valence-electron chi connectivity index (χ0n) is 16.4. The van der Waals surface area contributed by atoms with Crippen molar-refractivity contribution in [2.75, 3.05) is 14.2 Å². The van der Waals surface area contributed by atoms with Crippen LogP contribution in [0, 0.1) is 10.1 Å². The molecule has 0 heterocycles. The van der Waals surface area contributed by atoms with Gasteiger partial charge in [-0.2, -0.15) is 5.10 Å². The van der Waals surface area contributed by atoms with E-state index >= 15 is 0 Å². The summed E-state index contributed by atoms with van der Waals surface area (Å²) in [5, 5.41) is 16.1. The van der Waals surface area contributed by atoms with Crippen LogP contribution in [-0.2, 0) is 0 Å². The number of nitro groups is 1. The van der Waals surface area contributed by atoms with Crippen molar-refractivity contribution < 1.29 is 19.2 Å². The average Bonchev–Trinajstić information content (AvgIpc) is 3.24. The molecule has 0 unspecified atom stereocenters. The SMILES string of the molecule is COc1ccc(C=NN(C)C(=O)c2ccc([N+](=O)[O-])cc2)cc1OC1CCCC1. The van der Waals surface area contributed by atoms with Crippen LogP contribution >= 0.6 is 0 Å². The Balaban J connectivity index is 1.70. The molecule has 29 heavy (non-hydrogen) atoms. The van der Waals surface area contributed by atoms with Gasteiger partial charge >= 0.3 is 0 Å². The molecule has 0 atom stereocenters. The zero-order valence-corrected chi connectivity index (χ0v) is 16.4. The maximum absolute atomic E-state index is 12.4. The fourth-order valence-corrected chi connectivity index (χ4v) is 3.17. The van der Waals surface area contributed by atoms with E-state index < -0.39 is 4.92 Å². The molecule has 1 amide bonds. The maximum Gasteiger partial charge on any atom is 0.273 e. The number of nitro benzene ring substituents is 1.